The van der Waals surface area contributed by atoms with Gasteiger partial charge in [0.25, 0.3) is 0 Å². The van der Waals surface area contributed by atoms with Crippen LogP contribution in [-0.4, -0.2) is 45.8 Å². The molecule has 1 atom stereocenters. The molecule has 0 aliphatic heterocycles. The van der Waals surface area contributed by atoms with E-state index >= 15 is 0 Å². The topological polar surface area (TPSA) is 32.8 Å². The van der Waals surface area contributed by atoms with Gasteiger partial charge in [0.05, 0.1) is 0 Å². The van der Waals surface area contributed by atoms with Crippen molar-refractivity contribution in [3.05, 3.63) is 35.9 Å². The Morgan fingerprint density at radius 1 is 1.00 bits per heavy atom. The van der Waals surface area contributed by atoms with Crippen molar-refractivity contribution in [1.82, 2.24) is 9.34 Å². The first-order valence-electron chi connectivity index (χ1n) is 6.77. The molecule has 0 aromatic heterocycles. The lowest BCUT2D eigenvalue weighted by Gasteiger charge is -2.39. The molecule has 1 aromatic carbocycles. The van der Waals surface area contributed by atoms with Crippen LogP contribution in [0, 0.1) is 0 Å². The predicted molar refractivity (Wildman–Crippen MR) is 88.6 cm³/mol. The summed E-state index contributed by atoms with van der Waals surface area (Å²) in [5.74, 6) is -0.416. The van der Waals surface area contributed by atoms with Gasteiger partial charge < -0.3 is 4.43 Å². The van der Waals surface area contributed by atoms with Crippen LogP contribution in [0.25, 0.3) is 0 Å². The fraction of sp³-hybridized carbons (Fsp3) is 0.571. The number of rotatable bonds is 6. The van der Waals surface area contributed by atoms with E-state index in [2.05, 4.69) is 19.6 Å². The van der Waals surface area contributed by atoms with Gasteiger partial charge in [0.15, 0.2) is 14.2 Å². The SMILES string of the molecule is CN(C)P(=O)(C(O[Si](C)(C)C)c1ccccc1)N(C)C. The van der Waals surface area contributed by atoms with Crippen LogP contribution in [0.3, 0.4) is 0 Å². The lowest BCUT2D eigenvalue weighted by molar-refractivity contribution is 0.246. The highest BCUT2D eigenvalue weighted by atomic mass is 31.2. The zero-order valence-corrected chi connectivity index (χ0v) is 15.5. The summed E-state index contributed by atoms with van der Waals surface area (Å²) >= 11 is 0. The number of benzene rings is 1. The third kappa shape index (κ3) is 4.03. The van der Waals surface area contributed by atoms with Crippen LogP contribution in [0.4, 0.5) is 0 Å². The summed E-state index contributed by atoms with van der Waals surface area (Å²) in [6.07, 6.45) is 0. The van der Waals surface area contributed by atoms with E-state index < -0.39 is 21.6 Å². The maximum atomic E-state index is 13.5. The summed E-state index contributed by atoms with van der Waals surface area (Å²) in [5.41, 5.74) is 0.973. The molecule has 0 spiro atoms. The van der Waals surface area contributed by atoms with Crippen molar-refractivity contribution in [3.8, 4) is 0 Å². The van der Waals surface area contributed by atoms with Gasteiger partial charge in [0.2, 0.25) is 7.44 Å². The van der Waals surface area contributed by atoms with Crippen molar-refractivity contribution >= 4 is 15.8 Å². The predicted octanol–water partition coefficient (Wildman–Crippen LogP) is 3.85. The van der Waals surface area contributed by atoms with Crippen LogP contribution in [0.15, 0.2) is 30.3 Å². The Bertz CT molecular complexity index is 460. The van der Waals surface area contributed by atoms with Gasteiger partial charge in [-0.1, -0.05) is 30.3 Å². The molecular formula is C14H27N2O2PSi. The van der Waals surface area contributed by atoms with E-state index in [1.807, 2.05) is 58.5 Å². The van der Waals surface area contributed by atoms with E-state index in [-0.39, 0.29) is 0 Å². The largest absolute Gasteiger partial charge is 0.402 e. The van der Waals surface area contributed by atoms with Gasteiger partial charge in [-0.3, -0.25) is 4.57 Å². The summed E-state index contributed by atoms with van der Waals surface area (Å²) in [7, 11) is 2.76. The van der Waals surface area contributed by atoms with Crippen LogP contribution in [0.2, 0.25) is 19.6 Å². The molecule has 0 N–H and O–H groups in total. The van der Waals surface area contributed by atoms with Gasteiger partial charge in [0.1, 0.15) is 0 Å². The van der Waals surface area contributed by atoms with Crippen molar-refractivity contribution < 1.29 is 8.99 Å². The molecule has 0 bridgehead atoms. The number of nitrogens with zero attached hydrogens (tertiary/aromatic N) is 2. The molecule has 0 aliphatic rings. The van der Waals surface area contributed by atoms with E-state index in [4.69, 9.17) is 4.43 Å². The van der Waals surface area contributed by atoms with Crippen LogP contribution in [0.5, 0.6) is 0 Å². The molecule has 0 aliphatic carbocycles. The standard InChI is InChI=1S/C14H27N2O2PSi/c1-15(2)19(17,16(3)4)14(18-20(5,6)7)13-11-9-8-10-12-13/h8-12,14H,1-7H3. The molecule has 0 amide bonds. The van der Waals surface area contributed by atoms with Gasteiger partial charge in [0, 0.05) is 0 Å². The monoisotopic (exact) mass is 314 g/mol. The van der Waals surface area contributed by atoms with Gasteiger partial charge >= 0.3 is 0 Å². The molecule has 0 heterocycles. The maximum Gasteiger partial charge on any atom is 0.246 e. The Morgan fingerprint density at radius 2 is 1.45 bits per heavy atom. The Hall–Kier alpha value is -0.453. The van der Waals surface area contributed by atoms with Gasteiger partial charge in [-0.25, -0.2) is 9.34 Å². The number of hydrogen-bond acceptors (Lipinski definition) is 2. The lowest BCUT2D eigenvalue weighted by Crippen LogP contribution is -2.33. The Labute approximate surface area is 124 Å². The second-order valence-electron chi connectivity index (χ2n) is 6.28. The zero-order valence-electron chi connectivity index (χ0n) is 13.6. The van der Waals surface area contributed by atoms with Crippen molar-refractivity contribution in [1.29, 1.82) is 0 Å². The molecule has 0 saturated carbocycles. The van der Waals surface area contributed by atoms with Crippen LogP contribution in [-0.2, 0) is 8.99 Å². The molecule has 0 radical (unpaired) electrons. The van der Waals surface area contributed by atoms with Gasteiger partial charge in [-0.2, -0.15) is 0 Å². The normalized spacial score (nSPS) is 14.8. The minimum Gasteiger partial charge on any atom is -0.402 e. The first-order valence-corrected chi connectivity index (χ1v) is 11.9. The fourth-order valence-corrected chi connectivity index (χ4v) is 6.48. The molecule has 6 heteroatoms. The molecule has 1 unspecified atom stereocenters. The second kappa shape index (κ2) is 6.54. The van der Waals surface area contributed by atoms with Crippen molar-refractivity contribution in [2.45, 2.75) is 25.5 Å². The molecule has 4 nitrogen and oxygen atoms in total. The summed E-state index contributed by atoms with van der Waals surface area (Å²) in [4.78, 5) is 0. The summed E-state index contributed by atoms with van der Waals surface area (Å²) in [5, 5.41) is 0. The van der Waals surface area contributed by atoms with E-state index in [0.717, 1.165) is 5.56 Å². The maximum absolute atomic E-state index is 13.5. The summed E-state index contributed by atoms with van der Waals surface area (Å²) < 4.78 is 23.4. The highest BCUT2D eigenvalue weighted by Gasteiger charge is 2.42. The summed E-state index contributed by atoms with van der Waals surface area (Å²) in [6.45, 7) is 6.37. The van der Waals surface area contributed by atoms with E-state index in [9.17, 15) is 4.57 Å². The average molecular weight is 314 g/mol. The average Bonchev–Trinajstić information content (AvgIpc) is 2.34. The van der Waals surface area contributed by atoms with E-state index in [1.54, 1.807) is 9.34 Å². The van der Waals surface area contributed by atoms with E-state index in [0.29, 0.717) is 0 Å². The third-order valence-corrected chi connectivity index (χ3v) is 7.45. The van der Waals surface area contributed by atoms with Gasteiger partial charge in [-0.05, 0) is 53.4 Å². The Balaban J connectivity index is 3.34. The van der Waals surface area contributed by atoms with Crippen molar-refractivity contribution in [2.24, 2.45) is 0 Å². The van der Waals surface area contributed by atoms with Crippen LogP contribution < -0.4 is 0 Å². The van der Waals surface area contributed by atoms with Crippen molar-refractivity contribution in [2.75, 3.05) is 28.2 Å². The Kier molecular flexibility index (Phi) is 5.76. The minimum absolute atomic E-state index is 0.416. The fourth-order valence-electron chi connectivity index (χ4n) is 2.06. The zero-order chi connectivity index (χ0) is 15.6. The molecule has 0 saturated heterocycles. The molecule has 114 valence electrons. The molecular weight excluding hydrogens is 287 g/mol. The smallest absolute Gasteiger partial charge is 0.246 e. The highest BCUT2D eigenvalue weighted by Crippen LogP contribution is 2.62. The first-order chi connectivity index (χ1) is 9.09. The third-order valence-electron chi connectivity index (χ3n) is 3.00. The quantitative estimate of drug-likeness (QED) is 0.590. The van der Waals surface area contributed by atoms with E-state index in [1.165, 1.54) is 0 Å². The molecule has 20 heavy (non-hydrogen) atoms. The minimum atomic E-state index is -2.81. The Morgan fingerprint density at radius 3 is 1.80 bits per heavy atom. The van der Waals surface area contributed by atoms with Crippen LogP contribution >= 0.6 is 7.44 Å². The van der Waals surface area contributed by atoms with Gasteiger partial charge in [-0.15, -0.1) is 0 Å². The molecule has 0 fully saturated rings. The van der Waals surface area contributed by atoms with Crippen LogP contribution in [0.1, 0.15) is 11.4 Å². The number of hydrogen-bond donors (Lipinski definition) is 0. The molecule has 1 rings (SSSR count). The summed E-state index contributed by atoms with van der Waals surface area (Å²) in [6, 6.07) is 9.87. The molecule has 1 aromatic rings. The van der Waals surface area contributed by atoms with Crippen molar-refractivity contribution in [3.63, 3.8) is 0 Å². The highest BCUT2D eigenvalue weighted by molar-refractivity contribution is 7.59. The lowest BCUT2D eigenvalue weighted by atomic mass is 10.2. The first kappa shape index (κ1) is 17.6. The second-order valence-corrected chi connectivity index (χ2v) is 14.0.